The second-order valence-electron chi connectivity index (χ2n) is 5.67. The number of rotatable bonds is 2. The maximum Gasteiger partial charge on any atom is 0.282 e. The molecule has 8 heteroatoms. The van der Waals surface area contributed by atoms with Crippen molar-refractivity contribution >= 4 is 39.7 Å². The minimum atomic E-state index is -0.423. The lowest BCUT2D eigenvalue weighted by atomic mass is 9.97. The van der Waals surface area contributed by atoms with E-state index in [0.717, 1.165) is 40.8 Å². The van der Waals surface area contributed by atoms with Gasteiger partial charge in [0.15, 0.2) is 0 Å². The van der Waals surface area contributed by atoms with E-state index in [-0.39, 0.29) is 10.3 Å². The first-order chi connectivity index (χ1) is 11.6. The molecule has 122 valence electrons. The monoisotopic (exact) mass is 358 g/mol. The number of hydrogen-bond acceptors (Lipinski definition) is 5. The fourth-order valence-corrected chi connectivity index (χ4v) is 4.58. The lowest BCUT2D eigenvalue weighted by Gasteiger charge is -2.11. The SMILES string of the molecule is O=C(Nn1c(=S)[nH]c2sc3c(c2c1=O)CCCC3)c1cccnc1. The van der Waals surface area contributed by atoms with Crippen LogP contribution in [-0.4, -0.2) is 20.6 Å². The summed E-state index contributed by atoms with van der Waals surface area (Å²) in [5.41, 5.74) is 3.77. The molecule has 0 aliphatic heterocycles. The Bertz CT molecular complexity index is 1050. The summed E-state index contributed by atoms with van der Waals surface area (Å²) in [5, 5.41) is 0.648. The van der Waals surface area contributed by atoms with Gasteiger partial charge in [0, 0.05) is 17.3 Å². The number of nitrogens with zero attached hydrogens (tertiary/aromatic N) is 2. The van der Waals surface area contributed by atoms with Crippen LogP contribution in [0.25, 0.3) is 10.2 Å². The highest BCUT2D eigenvalue weighted by Gasteiger charge is 2.20. The van der Waals surface area contributed by atoms with Crippen LogP contribution in [0.5, 0.6) is 0 Å². The Morgan fingerprint density at radius 3 is 3.00 bits per heavy atom. The average Bonchev–Trinajstić information content (AvgIpc) is 2.97. The van der Waals surface area contributed by atoms with Gasteiger partial charge in [-0.2, -0.15) is 4.68 Å². The van der Waals surface area contributed by atoms with E-state index in [9.17, 15) is 9.59 Å². The van der Waals surface area contributed by atoms with Crippen LogP contribution in [0.15, 0.2) is 29.3 Å². The highest BCUT2D eigenvalue weighted by Crippen LogP contribution is 2.33. The molecular formula is C16H14N4O2S2. The normalized spacial score (nSPS) is 13.7. The number of thiophene rings is 1. The summed E-state index contributed by atoms with van der Waals surface area (Å²) in [4.78, 5) is 34.2. The van der Waals surface area contributed by atoms with Crippen LogP contribution in [0.1, 0.15) is 33.6 Å². The molecule has 0 saturated carbocycles. The number of amides is 1. The molecule has 1 aliphatic carbocycles. The number of carbonyl (C=O) groups excluding carboxylic acids is 1. The molecule has 0 saturated heterocycles. The van der Waals surface area contributed by atoms with Crippen molar-refractivity contribution < 1.29 is 4.79 Å². The molecule has 0 aromatic carbocycles. The molecule has 24 heavy (non-hydrogen) atoms. The first kappa shape index (κ1) is 15.2. The van der Waals surface area contributed by atoms with Crippen LogP contribution in [0, 0.1) is 4.77 Å². The zero-order valence-electron chi connectivity index (χ0n) is 12.7. The lowest BCUT2D eigenvalue weighted by Crippen LogP contribution is -2.34. The number of carbonyl (C=O) groups is 1. The molecule has 0 fully saturated rings. The molecule has 0 unspecified atom stereocenters. The highest BCUT2D eigenvalue weighted by atomic mass is 32.1. The van der Waals surface area contributed by atoms with Crippen molar-refractivity contribution in [3.63, 3.8) is 0 Å². The van der Waals surface area contributed by atoms with Crippen LogP contribution >= 0.6 is 23.6 Å². The van der Waals surface area contributed by atoms with Crippen LogP contribution in [-0.2, 0) is 12.8 Å². The van der Waals surface area contributed by atoms with E-state index in [1.165, 1.54) is 11.1 Å². The van der Waals surface area contributed by atoms with Gasteiger partial charge >= 0.3 is 0 Å². The van der Waals surface area contributed by atoms with E-state index >= 15 is 0 Å². The van der Waals surface area contributed by atoms with E-state index in [4.69, 9.17) is 12.2 Å². The van der Waals surface area contributed by atoms with Crippen molar-refractivity contribution in [1.82, 2.24) is 14.6 Å². The second kappa shape index (κ2) is 5.95. The summed E-state index contributed by atoms with van der Waals surface area (Å²) in [6, 6.07) is 3.29. The topological polar surface area (TPSA) is 79.8 Å². The molecule has 2 N–H and O–H groups in total. The summed E-state index contributed by atoms with van der Waals surface area (Å²) < 4.78 is 1.30. The Labute approximate surface area is 146 Å². The van der Waals surface area contributed by atoms with Crippen molar-refractivity contribution in [2.75, 3.05) is 5.43 Å². The summed E-state index contributed by atoms with van der Waals surface area (Å²) >= 11 is 6.85. The predicted octanol–water partition coefficient (Wildman–Crippen LogP) is 2.78. The van der Waals surface area contributed by atoms with E-state index in [1.54, 1.807) is 29.7 Å². The first-order valence-corrected chi connectivity index (χ1v) is 8.88. The zero-order chi connectivity index (χ0) is 16.7. The van der Waals surface area contributed by atoms with Gasteiger partial charge in [0.05, 0.1) is 10.9 Å². The van der Waals surface area contributed by atoms with Gasteiger partial charge in [0.1, 0.15) is 4.83 Å². The highest BCUT2D eigenvalue weighted by molar-refractivity contribution is 7.71. The third-order valence-corrected chi connectivity index (χ3v) is 5.64. The quantitative estimate of drug-likeness (QED) is 0.691. The van der Waals surface area contributed by atoms with Gasteiger partial charge in [-0.05, 0) is 55.6 Å². The fourth-order valence-electron chi connectivity index (χ4n) is 3.00. The predicted molar refractivity (Wildman–Crippen MR) is 95.8 cm³/mol. The largest absolute Gasteiger partial charge is 0.322 e. The number of nitrogens with one attached hydrogen (secondary N) is 2. The van der Waals surface area contributed by atoms with Crippen LogP contribution in [0.3, 0.4) is 0 Å². The number of H-pyrrole nitrogens is 1. The molecule has 3 aromatic rings. The number of hydrogen-bond donors (Lipinski definition) is 2. The van der Waals surface area contributed by atoms with Crippen molar-refractivity contribution in [1.29, 1.82) is 0 Å². The first-order valence-electron chi connectivity index (χ1n) is 7.66. The minimum absolute atomic E-state index is 0.184. The maximum atomic E-state index is 12.9. The van der Waals surface area contributed by atoms with Gasteiger partial charge in [0.2, 0.25) is 4.77 Å². The molecule has 0 atom stereocenters. The Morgan fingerprint density at radius 1 is 1.38 bits per heavy atom. The Kier molecular flexibility index (Phi) is 3.78. The number of pyridine rings is 1. The zero-order valence-corrected chi connectivity index (χ0v) is 14.3. The maximum absolute atomic E-state index is 12.9. The number of fused-ring (bicyclic) bond motifs is 3. The summed E-state index contributed by atoms with van der Waals surface area (Å²) in [6.07, 6.45) is 7.14. The third-order valence-electron chi connectivity index (χ3n) is 4.15. The fraction of sp³-hybridized carbons (Fsp3) is 0.250. The van der Waals surface area contributed by atoms with Crippen molar-refractivity contribution in [2.45, 2.75) is 25.7 Å². The standard InChI is InChI=1S/C16H14N4O2S2/c21-13(9-4-3-7-17-8-9)19-20-15(22)12-10-5-1-2-6-11(10)24-14(12)18-16(20)23/h3-4,7-8H,1-2,5-6H2,(H,18,23)(H,19,21). The van der Waals surface area contributed by atoms with Gasteiger partial charge in [-0.15, -0.1) is 11.3 Å². The molecule has 4 rings (SSSR count). The van der Waals surface area contributed by atoms with E-state index in [0.29, 0.717) is 10.9 Å². The van der Waals surface area contributed by atoms with Gasteiger partial charge in [-0.3, -0.25) is 20.0 Å². The molecule has 0 spiro atoms. The summed E-state index contributed by atoms with van der Waals surface area (Å²) in [5.74, 6) is -0.423. The van der Waals surface area contributed by atoms with E-state index in [2.05, 4.69) is 15.4 Å². The molecule has 0 bridgehead atoms. The minimum Gasteiger partial charge on any atom is -0.322 e. The molecule has 1 amide bonds. The summed E-state index contributed by atoms with van der Waals surface area (Å²) in [7, 11) is 0. The Balaban J connectivity index is 1.83. The van der Waals surface area contributed by atoms with E-state index in [1.807, 2.05) is 0 Å². The van der Waals surface area contributed by atoms with Crippen molar-refractivity contribution in [2.24, 2.45) is 0 Å². The number of aromatic amines is 1. The Morgan fingerprint density at radius 2 is 2.21 bits per heavy atom. The Hall–Kier alpha value is -2.32. The lowest BCUT2D eigenvalue weighted by molar-refractivity contribution is 0.101. The number of aromatic nitrogens is 3. The smallest absolute Gasteiger partial charge is 0.282 e. The molecule has 6 nitrogen and oxygen atoms in total. The summed E-state index contributed by atoms with van der Waals surface area (Å²) in [6.45, 7) is 0. The van der Waals surface area contributed by atoms with Gasteiger partial charge in [-0.1, -0.05) is 0 Å². The third kappa shape index (κ3) is 2.47. The number of aryl methyl sites for hydroxylation is 2. The molecule has 3 aromatic heterocycles. The van der Waals surface area contributed by atoms with Crippen LogP contribution < -0.4 is 11.0 Å². The van der Waals surface area contributed by atoms with Gasteiger partial charge < -0.3 is 4.98 Å². The van der Waals surface area contributed by atoms with Crippen molar-refractivity contribution in [3.8, 4) is 0 Å². The molecular weight excluding hydrogens is 344 g/mol. The average molecular weight is 358 g/mol. The van der Waals surface area contributed by atoms with Gasteiger partial charge in [-0.25, -0.2) is 0 Å². The van der Waals surface area contributed by atoms with Crippen LogP contribution in [0.4, 0.5) is 0 Å². The molecule has 3 heterocycles. The molecule has 0 radical (unpaired) electrons. The van der Waals surface area contributed by atoms with Gasteiger partial charge in [0.25, 0.3) is 11.5 Å². The van der Waals surface area contributed by atoms with Crippen molar-refractivity contribution in [3.05, 3.63) is 55.7 Å². The van der Waals surface area contributed by atoms with Crippen LogP contribution in [0.2, 0.25) is 0 Å². The molecule has 1 aliphatic rings. The van der Waals surface area contributed by atoms with E-state index < -0.39 is 5.91 Å². The second-order valence-corrected chi connectivity index (χ2v) is 7.16.